The molecule has 0 atom stereocenters. The molecule has 1 aliphatic carbocycles. The Hall–Kier alpha value is -0.930. The lowest BCUT2D eigenvalue weighted by Crippen LogP contribution is -2.50. The number of halogens is 2. The molecule has 1 heterocycles. The molecule has 1 saturated heterocycles. The number of nitrogens with zero attached hydrogens (tertiary/aromatic N) is 2. The van der Waals surface area contributed by atoms with Gasteiger partial charge < -0.3 is 20.3 Å². The van der Waals surface area contributed by atoms with E-state index in [1.54, 1.807) is 26.3 Å². The van der Waals surface area contributed by atoms with Gasteiger partial charge in [-0.05, 0) is 37.3 Å². The second-order valence-corrected chi connectivity index (χ2v) is 7.44. The van der Waals surface area contributed by atoms with E-state index in [2.05, 4.69) is 20.5 Å². The lowest BCUT2D eigenvalue weighted by Gasteiger charge is -2.33. The number of guanidine groups is 1. The maximum Gasteiger partial charge on any atom is 0.191 e. The number of rotatable bonds is 7. The van der Waals surface area contributed by atoms with Crippen LogP contribution in [0.3, 0.4) is 0 Å². The Kier molecular flexibility index (Phi) is 8.75. The Morgan fingerprint density at radius 3 is 2.59 bits per heavy atom. The van der Waals surface area contributed by atoms with Crippen molar-refractivity contribution in [3.8, 4) is 0 Å². The fourth-order valence-electron chi connectivity index (χ4n) is 3.75. The number of hydrogen-bond donors (Lipinski definition) is 2. The van der Waals surface area contributed by atoms with Gasteiger partial charge in [0.25, 0.3) is 0 Å². The third-order valence-electron chi connectivity index (χ3n) is 5.66. The number of ether oxygens (including phenoxy) is 1. The van der Waals surface area contributed by atoms with Gasteiger partial charge in [-0.3, -0.25) is 4.99 Å². The molecular weight excluding hydrogens is 458 g/mol. The van der Waals surface area contributed by atoms with Crippen molar-refractivity contribution in [2.24, 2.45) is 4.99 Å². The maximum absolute atomic E-state index is 14.1. The molecule has 2 fully saturated rings. The van der Waals surface area contributed by atoms with Gasteiger partial charge >= 0.3 is 0 Å². The Morgan fingerprint density at radius 2 is 2.00 bits per heavy atom. The van der Waals surface area contributed by atoms with E-state index in [0.717, 1.165) is 70.0 Å². The van der Waals surface area contributed by atoms with Crippen molar-refractivity contribution in [1.29, 1.82) is 0 Å². The van der Waals surface area contributed by atoms with Gasteiger partial charge in [-0.1, -0.05) is 18.2 Å². The van der Waals surface area contributed by atoms with Crippen LogP contribution in [0.2, 0.25) is 0 Å². The highest BCUT2D eigenvalue weighted by Gasteiger charge is 2.45. The standard InChI is InChI=1S/C20H31FN4O.HI/c1-22-19(24-16-7-11-25(12-8-16)13-14-26-2)23-15-20(9-10-20)17-5-3-4-6-18(17)21;/h3-6,16H,7-15H2,1-2H3,(H2,22,23,24);1H. The van der Waals surface area contributed by atoms with E-state index in [4.69, 9.17) is 4.74 Å². The summed E-state index contributed by atoms with van der Waals surface area (Å²) in [5, 5.41) is 6.97. The van der Waals surface area contributed by atoms with Crippen LogP contribution in [-0.2, 0) is 10.2 Å². The Balaban J connectivity index is 0.00000261. The first kappa shape index (κ1) is 22.4. The summed E-state index contributed by atoms with van der Waals surface area (Å²) in [7, 11) is 3.55. The monoisotopic (exact) mass is 490 g/mol. The van der Waals surface area contributed by atoms with Gasteiger partial charge in [0, 0.05) is 51.8 Å². The van der Waals surface area contributed by atoms with E-state index >= 15 is 0 Å². The van der Waals surface area contributed by atoms with Crippen LogP contribution in [0, 0.1) is 5.82 Å². The summed E-state index contributed by atoms with van der Waals surface area (Å²) in [6.07, 6.45) is 4.25. The summed E-state index contributed by atoms with van der Waals surface area (Å²) in [5.74, 6) is 0.723. The molecule has 1 aliphatic heterocycles. The molecule has 27 heavy (non-hydrogen) atoms. The minimum absolute atomic E-state index is 0. The lowest BCUT2D eigenvalue weighted by molar-refractivity contribution is 0.128. The van der Waals surface area contributed by atoms with Crippen LogP contribution in [0.15, 0.2) is 29.3 Å². The van der Waals surface area contributed by atoms with E-state index < -0.39 is 0 Å². The second-order valence-electron chi connectivity index (χ2n) is 7.44. The van der Waals surface area contributed by atoms with Gasteiger partial charge in [0.15, 0.2) is 5.96 Å². The molecule has 3 rings (SSSR count). The van der Waals surface area contributed by atoms with Crippen molar-refractivity contribution >= 4 is 29.9 Å². The fourth-order valence-corrected chi connectivity index (χ4v) is 3.75. The number of benzene rings is 1. The number of piperidine rings is 1. The first-order chi connectivity index (χ1) is 12.7. The topological polar surface area (TPSA) is 48.9 Å². The van der Waals surface area contributed by atoms with E-state index in [9.17, 15) is 4.39 Å². The van der Waals surface area contributed by atoms with E-state index in [-0.39, 0.29) is 35.2 Å². The zero-order valence-electron chi connectivity index (χ0n) is 16.3. The van der Waals surface area contributed by atoms with Crippen molar-refractivity contribution in [3.05, 3.63) is 35.6 Å². The molecule has 0 bridgehead atoms. The molecule has 152 valence electrons. The molecule has 1 saturated carbocycles. The maximum atomic E-state index is 14.1. The summed E-state index contributed by atoms with van der Waals surface area (Å²) < 4.78 is 19.3. The average Bonchev–Trinajstić information content (AvgIpc) is 3.45. The predicted octanol–water partition coefficient (Wildman–Crippen LogP) is 2.75. The average molecular weight is 490 g/mol. The van der Waals surface area contributed by atoms with Gasteiger partial charge in [0.1, 0.15) is 5.82 Å². The first-order valence-corrected chi connectivity index (χ1v) is 9.60. The summed E-state index contributed by atoms with van der Waals surface area (Å²) in [5.41, 5.74) is 0.751. The SMILES string of the molecule is CN=C(NCC1(c2ccccc2F)CC1)NC1CCN(CCOC)CC1.I. The largest absolute Gasteiger partial charge is 0.383 e. The smallest absolute Gasteiger partial charge is 0.191 e. The van der Waals surface area contributed by atoms with Crippen LogP contribution < -0.4 is 10.6 Å². The molecule has 2 N–H and O–H groups in total. The minimum Gasteiger partial charge on any atom is -0.383 e. The Bertz CT molecular complexity index is 616. The normalized spacial score (nSPS) is 20.0. The van der Waals surface area contributed by atoms with Crippen LogP contribution in [0.1, 0.15) is 31.2 Å². The first-order valence-electron chi connectivity index (χ1n) is 9.60. The van der Waals surface area contributed by atoms with Crippen molar-refractivity contribution in [1.82, 2.24) is 15.5 Å². The van der Waals surface area contributed by atoms with Crippen LogP contribution in [0.4, 0.5) is 4.39 Å². The van der Waals surface area contributed by atoms with Crippen LogP contribution in [-0.4, -0.2) is 63.8 Å². The van der Waals surface area contributed by atoms with E-state index in [0.29, 0.717) is 6.04 Å². The van der Waals surface area contributed by atoms with Gasteiger partial charge in [0.2, 0.25) is 0 Å². The third-order valence-corrected chi connectivity index (χ3v) is 5.66. The van der Waals surface area contributed by atoms with Crippen molar-refractivity contribution in [3.63, 3.8) is 0 Å². The predicted molar refractivity (Wildman–Crippen MR) is 119 cm³/mol. The number of hydrogen-bond acceptors (Lipinski definition) is 3. The van der Waals surface area contributed by atoms with Crippen molar-refractivity contribution in [2.75, 3.05) is 46.9 Å². The van der Waals surface area contributed by atoms with Crippen molar-refractivity contribution in [2.45, 2.75) is 37.1 Å². The van der Waals surface area contributed by atoms with Crippen LogP contribution in [0.25, 0.3) is 0 Å². The lowest BCUT2D eigenvalue weighted by atomic mass is 9.95. The van der Waals surface area contributed by atoms with E-state index in [1.807, 2.05) is 12.1 Å². The molecule has 0 unspecified atom stereocenters. The molecule has 0 radical (unpaired) electrons. The zero-order valence-corrected chi connectivity index (χ0v) is 18.7. The summed E-state index contributed by atoms with van der Waals surface area (Å²) in [6.45, 7) is 4.68. The molecule has 0 spiro atoms. The molecule has 0 amide bonds. The fraction of sp³-hybridized carbons (Fsp3) is 0.650. The quantitative estimate of drug-likeness (QED) is 0.351. The summed E-state index contributed by atoms with van der Waals surface area (Å²) in [6, 6.07) is 7.57. The minimum atomic E-state index is -0.0989. The summed E-state index contributed by atoms with van der Waals surface area (Å²) >= 11 is 0. The van der Waals surface area contributed by atoms with Crippen LogP contribution in [0.5, 0.6) is 0 Å². The highest BCUT2D eigenvalue weighted by Crippen LogP contribution is 2.48. The van der Waals surface area contributed by atoms with E-state index in [1.165, 1.54) is 0 Å². The highest BCUT2D eigenvalue weighted by atomic mass is 127. The number of aliphatic imine (C=N–C) groups is 1. The molecule has 0 aromatic heterocycles. The summed E-state index contributed by atoms with van der Waals surface area (Å²) in [4.78, 5) is 6.80. The number of likely N-dealkylation sites (tertiary alicyclic amines) is 1. The van der Waals surface area contributed by atoms with Crippen molar-refractivity contribution < 1.29 is 9.13 Å². The van der Waals surface area contributed by atoms with Gasteiger partial charge in [-0.15, -0.1) is 24.0 Å². The molecule has 7 heteroatoms. The van der Waals surface area contributed by atoms with Gasteiger partial charge in [-0.2, -0.15) is 0 Å². The Labute approximate surface area is 179 Å². The molecule has 2 aliphatic rings. The van der Waals surface area contributed by atoms with Gasteiger partial charge in [0.05, 0.1) is 6.61 Å². The van der Waals surface area contributed by atoms with Gasteiger partial charge in [-0.25, -0.2) is 4.39 Å². The Morgan fingerprint density at radius 1 is 1.30 bits per heavy atom. The molecule has 1 aromatic carbocycles. The molecular formula is C20H32FIN4O. The number of methoxy groups -OCH3 is 1. The third kappa shape index (κ3) is 6.02. The molecule has 1 aromatic rings. The zero-order chi connectivity index (χ0) is 18.4. The van der Waals surface area contributed by atoms with Crippen LogP contribution >= 0.6 is 24.0 Å². The second kappa shape index (κ2) is 10.6. The number of nitrogens with one attached hydrogen (secondary N) is 2. The highest BCUT2D eigenvalue weighted by molar-refractivity contribution is 14.0. The molecule has 5 nitrogen and oxygen atoms in total.